The van der Waals surface area contributed by atoms with Crippen LogP contribution in [0.25, 0.3) is 5.69 Å². The molecule has 1 aromatic heterocycles. The van der Waals surface area contributed by atoms with E-state index in [1.54, 1.807) is 6.07 Å². The van der Waals surface area contributed by atoms with Gasteiger partial charge in [-0.15, -0.1) is 0 Å². The molecule has 3 rings (SSSR count). The zero-order valence-electron chi connectivity index (χ0n) is 11.1. The second-order valence-corrected chi connectivity index (χ2v) is 5.97. The Morgan fingerprint density at radius 1 is 1.21 bits per heavy atom. The molecule has 0 saturated carbocycles. The van der Waals surface area contributed by atoms with Crippen LogP contribution in [0.5, 0.6) is 0 Å². The molecule has 0 fully saturated rings. The lowest BCUT2D eigenvalue weighted by Crippen LogP contribution is -2.27. The first-order valence-electron chi connectivity index (χ1n) is 6.46. The summed E-state index contributed by atoms with van der Waals surface area (Å²) in [4.78, 5) is 12.1. The van der Waals surface area contributed by atoms with Crippen molar-refractivity contribution in [2.45, 2.75) is 26.7 Å². The minimum atomic E-state index is -0.263. The zero-order valence-corrected chi connectivity index (χ0v) is 11.1. The molecule has 0 N–H and O–H groups in total. The maximum absolute atomic E-state index is 13.3. The minimum absolute atomic E-state index is 0.0342. The van der Waals surface area contributed by atoms with Gasteiger partial charge in [-0.25, -0.2) is 4.39 Å². The van der Waals surface area contributed by atoms with Crippen molar-refractivity contribution >= 4 is 5.78 Å². The maximum atomic E-state index is 13.3. The van der Waals surface area contributed by atoms with Crippen molar-refractivity contribution in [1.29, 1.82) is 0 Å². The Balaban J connectivity index is 2.14. The lowest BCUT2D eigenvalue weighted by Gasteiger charge is -2.29. The SMILES string of the molecule is CC1(C)CC(=O)c2ccn(-c3cccc(F)c3)c2C1. The number of carbonyl (C=O) groups is 1. The van der Waals surface area contributed by atoms with Gasteiger partial charge >= 0.3 is 0 Å². The lowest BCUT2D eigenvalue weighted by atomic mass is 9.76. The highest BCUT2D eigenvalue weighted by molar-refractivity contribution is 5.99. The molecular weight excluding hydrogens is 241 g/mol. The molecule has 0 aliphatic heterocycles. The van der Waals surface area contributed by atoms with Gasteiger partial charge in [0.2, 0.25) is 0 Å². The van der Waals surface area contributed by atoms with Crippen LogP contribution in [-0.2, 0) is 6.42 Å². The van der Waals surface area contributed by atoms with E-state index in [9.17, 15) is 9.18 Å². The standard InChI is InChI=1S/C16H16FNO/c1-16(2)9-14-13(15(19)10-16)6-7-18(14)12-5-3-4-11(17)8-12/h3-8H,9-10H2,1-2H3. The molecule has 0 radical (unpaired) electrons. The van der Waals surface area contributed by atoms with Crippen molar-refractivity contribution in [3.05, 3.63) is 53.6 Å². The molecule has 3 heteroatoms. The van der Waals surface area contributed by atoms with Crippen molar-refractivity contribution in [2.24, 2.45) is 5.41 Å². The van der Waals surface area contributed by atoms with Crippen molar-refractivity contribution < 1.29 is 9.18 Å². The van der Waals surface area contributed by atoms with E-state index < -0.39 is 0 Å². The Hall–Kier alpha value is -1.90. The number of Topliss-reactive ketones (excluding diaryl/α,β-unsaturated/α-hetero) is 1. The molecule has 1 heterocycles. The summed E-state index contributed by atoms with van der Waals surface area (Å²) in [5.41, 5.74) is 2.51. The second-order valence-electron chi connectivity index (χ2n) is 5.97. The summed E-state index contributed by atoms with van der Waals surface area (Å²) < 4.78 is 15.3. The normalized spacial score (nSPS) is 17.3. The first-order chi connectivity index (χ1) is 8.96. The Morgan fingerprint density at radius 3 is 2.74 bits per heavy atom. The molecule has 0 bridgehead atoms. The first kappa shape index (κ1) is 12.2. The summed E-state index contributed by atoms with van der Waals surface area (Å²) in [5, 5.41) is 0. The average molecular weight is 257 g/mol. The average Bonchev–Trinajstić information content (AvgIpc) is 2.71. The Bertz CT molecular complexity index is 655. The minimum Gasteiger partial charge on any atom is -0.320 e. The summed E-state index contributed by atoms with van der Waals surface area (Å²) in [6, 6.07) is 8.31. The van der Waals surface area contributed by atoms with Gasteiger partial charge < -0.3 is 4.57 Å². The molecule has 19 heavy (non-hydrogen) atoms. The smallest absolute Gasteiger partial charge is 0.165 e. The van der Waals surface area contributed by atoms with Gasteiger partial charge in [-0.2, -0.15) is 0 Å². The van der Waals surface area contributed by atoms with Crippen molar-refractivity contribution in [3.63, 3.8) is 0 Å². The van der Waals surface area contributed by atoms with Gasteiger partial charge in [0.15, 0.2) is 5.78 Å². The zero-order chi connectivity index (χ0) is 13.6. The number of ketones is 1. The molecule has 98 valence electrons. The first-order valence-corrected chi connectivity index (χ1v) is 6.46. The van der Waals surface area contributed by atoms with Crippen LogP contribution in [0.4, 0.5) is 4.39 Å². The second kappa shape index (κ2) is 4.05. The summed E-state index contributed by atoms with van der Waals surface area (Å²) in [7, 11) is 0. The van der Waals surface area contributed by atoms with Gasteiger partial charge in [0.25, 0.3) is 0 Å². The van der Waals surface area contributed by atoms with Crippen LogP contribution >= 0.6 is 0 Å². The van der Waals surface area contributed by atoms with Gasteiger partial charge in [0, 0.05) is 29.6 Å². The summed E-state index contributed by atoms with van der Waals surface area (Å²) in [6.07, 6.45) is 3.27. The largest absolute Gasteiger partial charge is 0.320 e. The molecule has 0 unspecified atom stereocenters. The molecule has 2 nitrogen and oxygen atoms in total. The molecule has 0 spiro atoms. The number of hydrogen-bond acceptors (Lipinski definition) is 1. The van der Waals surface area contributed by atoms with Crippen LogP contribution in [-0.4, -0.2) is 10.4 Å². The predicted molar refractivity (Wildman–Crippen MR) is 72.2 cm³/mol. The fourth-order valence-corrected chi connectivity index (χ4v) is 2.81. The highest BCUT2D eigenvalue weighted by atomic mass is 19.1. The van der Waals surface area contributed by atoms with Gasteiger partial charge in [0.1, 0.15) is 5.82 Å². The fraction of sp³-hybridized carbons (Fsp3) is 0.312. The van der Waals surface area contributed by atoms with Crippen molar-refractivity contribution in [2.75, 3.05) is 0 Å². The van der Waals surface area contributed by atoms with E-state index in [4.69, 9.17) is 0 Å². The Labute approximate surface area is 111 Å². The third-order valence-electron chi connectivity index (χ3n) is 3.66. The molecular formula is C16H16FNO. The van der Waals surface area contributed by atoms with E-state index in [0.717, 1.165) is 23.4 Å². The molecule has 1 aromatic carbocycles. The fourth-order valence-electron chi connectivity index (χ4n) is 2.81. The van der Waals surface area contributed by atoms with Gasteiger partial charge in [-0.3, -0.25) is 4.79 Å². The maximum Gasteiger partial charge on any atom is 0.165 e. The van der Waals surface area contributed by atoms with E-state index in [0.29, 0.717) is 6.42 Å². The number of halogens is 1. The molecule has 1 aliphatic carbocycles. The number of aromatic nitrogens is 1. The molecule has 0 amide bonds. The molecule has 1 aliphatic rings. The van der Waals surface area contributed by atoms with E-state index >= 15 is 0 Å². The van der Waals surface area contributed by atoms with E-state index in [1.165, 1.54) is 12.1 Å². The third-order valence-corrected chi connectivity index (χ3v) is 3.66. The Kier molecular flexibility index (Phi) is 2.59. The van der Waals surface area contributed by atoms with Crippen molar-refractivity contribution in [3.8, 4) is 5.69 Å². The topological polar surface area (TPSA) is 22.0 Å². The summed E-state index contributed by atoms with van der Waals surface area (Å²) in [5.74, 6) is -0.0808. The van der Waals surface area contributed by atoms with Gasteiger partial charge in [-0.1, -0.05) is 19.9 Å². The number of hydrogen-bond donors (Lipinski definition) is 0. The van der Waals surface area contributed by atoms with Crippen LogP contribution in [0.1, 0.15) is 36.3 Å². The quantitative estimate of drug-likeness (QED) is 0.762. The monoisotopic (exact) mass is 257 g/mol. The number of nitrogens with zero attached hydrogens (tertiary/aromatic N) is 1. The number of benzene rings is 1. The van der Waals surface area contributed by atoms with Crippen LogP contribution in [0.15, 0.2) is 36.5 Å². The van der Waals surface area contributed by atoms with E-state index in [-0.39, 0.29) is 17.0 Å². The molecule has 0 saturated heterocycles. The van der Waals surface area contributed by atoms with Crippen LogP contribution in [0, 0.1) is 11.2 Å². The number of fused-ring (bicyclic) bond motifs is 1. The van der Waals surface area contributed by atoms with Crippen molar-refractivity contribution in [1.82, 2.24) is 4.57 Å². The van der Waals surface area contributed by atoms with E-state index in [1.807, 2.05) is 22.9 Å². The Morgan fingerprint density at radius 2 is 2.00 bits per heavy atom. The summed E-state index contributed by atoms with van der Waals surface area (Å²) in [6.45, 7) is 4.19. The number of rotatable bonds is 1. The van der Waals surface area contributed by atoms with Crippen LogP contribution in [0.2, 0.25) is 0 Å². The molecule has 0 atom stereocenters. The van der Waals surface area contributed by atoms with E-state index in [2.05, 4.69) is 13.8 Å². The number of carbonyl (C=O) groups excluding carboxylic acids is 1. The summed E-state index contributed by atoms with van der Waals surface area (Å²) >= 11 is 0. The molecule has 2 aromatic rings. The van der Waals surface area contributed by atoms with Gasteiger partial charge in [0.05, 0.1) is 0 Å². The van der Waals surface area contributed by atoms with Crippen LogP contribution < -0.4 is 0 Å². The third kappa shape index (κ3) is 2.09. The highest BCUT2D eigenvalue weighted by Gasteiger charge is 2.33. The lowest BCUT2D eigenvalue weighted by molar-refractivity contribution is 0.0911. The van der Waals surface area contributed by atoms with Gasteiger partial charge in [-0.05, 0) is 36.1 Å². The highest BCUT2D eigenvalue weighted by Crippen LogP contribution is 2.36. The van der Waals surface area contributed by atoms with Crippen LogP contribution in [0.3, 0.4) is 0 Å². The predicted octanol–water partition coefficient (Wildman–Crippen LogP) is 3.77.